The van der Waals surface area contributed by atoms with Crippen molar-refractivity contribution in [2.45, 2.75) is 121 Å². The second-order valence-corrected chi connectivity index (χ2v) is 13.8. The van der Waals surface area contributed by atoms with E-state index < -0.39 is 23.0 Å². The predicted molar refractivity (Wildman–Crippen MR) is 149 cm³/mol. The Balaban J connectivity index is 1.08. The number of nitrogens with one attached hydrogen (secondary N) is 1. The van der Waals surface area contributed by atoms with Crippen molar-refractivity contribution in [1.29, 1.82) is 0 Å². The van der Waals surface area contributed by atoms with Gasteiger partial charge in [-0.2, -0.15) is 0 Å². The van der Waals surface area contributed by atoms with Gasteiger partial charge in [-0.3, -0.25) is 4.98 Å². The smallest absolute Gasteiger partial charge is 0.408 e. The second kappa shape index (κ2) is 10.3. The van der Waals surface area contributed by atoms with Crippen LogP contribution in [0, 0.1) is 11.7 Å². The Morgan fingerprint density at radius 2 is 1.83 bits per heavy atom. The Bertz CT molecular complexity index is 1270. The summed E-state index contributed by atoms with van der Waals surface area (Å²) in [7, 11) is 0. The molecule has 2 saturated carbocycles. The molecule has 3 saturated heterocycles. The van der Waals surface area contributed by atoms with E-state index in [0.717, 1.165) is 38.5 Å². The summed E-state index contributed by atoms with van der Waals surface area (Å²) < 4.78 is 45.1. The number of ether oxygens (including phenoxy) is 5. The highest BCUT2D eigenvalue weighted by atomic mass is 19.1. The van der Waals surface area contributed by atoms with Gasteiger partial charge in [0.1, 0.15) is 11.4 Å². The van der Waals surface area contributed by atoms with Gasteiger partial charge in [0.15, 0.2) is 5.79 Å². The minimum absolute atomic E-state index is 0.104. The summed E-state index contributed by atoms with van der Waals surface area (Å²) in [5.74, 6) is -0.108. The van der Waals surface area contributed by atoms with Crippen molar-refractivity contribution in [2.24, 2.45) is 5.92 Å². The van der Waals surface area contributed by atoms with Crippen LogP contribution in [0.5, 0.6) is 5.88 Å². The van der Waals surface area contributed by atoms with E-state index in [4.69, 9.17) is 28.7 Å². The molecular formula is C31H42FN3O6. The highest BCUT2D eigenvalue weighted by molar-refractivity contribution is 5.78. The largest absolute Gasteiger partial charge is 0.477 e. The summed E-state index contributed by atoms with van der Waals surface area (Å²) in [6.07, 6.45) is 7.19. The molecule has 5 heterocycles. The zero-order valence-corrected chi connectivity index (χ0v) is 24.8. The molecule has 5 aliphatic rings. The average Bonchev–Trinajstić information content (AvgIpc) is 3.39. The van der Waals surface area contributed by atoms with E-state index in [1.54, 1.807) is 6.07 Å². The monoisotopic (exact) mass is 571 g/mol. The van der Waals surface area contributed by atoms with Crippen LogP contribution >= 0.6 is 0 Å². The summed E-state index contributed by atoms with van der Waals surface area (Å²) in [6, 6.07) is 3.63. The quantitative estimate of drug-likeness (QED) is 0.457. The third-order valence-corrected chi connectivity index (χ3v) is 8.99. The molecule has 2 bridgehead atoms. The maximum Gasteiger partial charge on any atom is 0.408 e. The Hall–Kier alpha value is -2.56. The number of fused-ring (bicyclic) bond motifs is 5. The van der Waals surface area contributed by atoms with Gasteiger partial charge >= 0.3 is 6.09 Å². The third kappa shape index (κ3) is 6.15. The number of carbonyl (C=O) groups is 1. The first-order valence-electron chi connectivity index (χ1n) is 14.9. The minimum Gasteiger partial charge on any atom is -0.477 e. The maximum absolute atomic E-state index is 15.1. The molecule has 10 heteroatoms. The summed E-state index contributed by atoms with van der Waals surface area (Å²) in [6.45, 7) is 10.4. The lowest BCUT2D eigenvalue weighted by atomic mass is 9.69. The molecule has 3 aliphatic heterocycles. The topological polar surface area (TPSA) is 101 Å². The molecule has 1 unspecified atom stereocenters. The highest BCUT2D eigenvalue weighted by Crippen LogP contribution is 2.46. The summed E-state index contributed by atoms with van der Waals surface area (Å²) in [4.78, 5) is 21.4. The van der Waals surface area contributed by atoms with Gasteiger partial charge in [-0.15, -0.1) is 0 Å². The number of nitrogens with zero attached hydrogens (tertiary/aromatic N) is 2. The van der Waals surface area contributed by atoms with Crippen molar-refractivity contribution in [1.82, 2.24) is 15.3 Å². The summed E-state index contributed by atoms with van der Waals surface area (Å²) in [5.41, 5.74) is 0.406. The molecule has 3 atom stereocenters. The zero-order chi connectivity index (χ0) is 29.0. The number of hydrogen-bond donors (Lipinski definition) is 1. The molecule has 2 aliphatic carbocycles. The van der Waals surface area contributed by atoms with Gasteiger partial charge in [-0.1, -0.05) is 0 Å². The van der Waals surface area contributed by atoms with Gasteiger partial charge in [0.25, 0.3) is 0 Å². The van der Waals surface area contributed by atoms with Crippen LogP contribution in [0.4, 0.5) is 9.18 Å². The molecule has 0 radical (unpaired) electrons. The van der Waals surface area contributed by atoms with Crippen LogP contribution in [0.25, 0.3) is 11.0 Å². The molecule has 1 amide bonds. The predicted octanol–water partition coefficient (Wildman–Crippen LogP) is 5.62. The third-order valence-electron chi connectivity index (χ3n) is 8.99. The number of aromatic nitrogens is 2. The van der Waals surface area contributed by atoms with E-state index in [1.807, 2.05) is 40.7 Å². The molecule has 0 aromatic carbocycles. The van der Waals surface area contributed by atoms with Crippen LogP contribution in [-0.2, 0) is 25.4 Å². The van der Waals surface area contributed by atoms with Crippen LogP contribution < -0.4 is 10.1 Å². The Morgan fingerprint density at radius 3 is 2.46 bits per heavy atom. The standard InChI is InChI=1S/C31H42FN3O6/c1-28(2,3)41-27(36)35-30-10-12-31(13-11-30,38-18-30)9-8-20-21(32)16-33-22-6-7-25(34-26(20)22)37-17-19-14-23-24(15-19)40-29(4,5)39-23/h6-7,16,19,23-24H,8-15,17-18H2,1-5H3,(H,35,36)/t19?,23-,24+,30?,31?. The van der Waals surface area contributed by atoms with E-state index in [9.17, 15) is 4.79 Å². The first-order valence-corrected chi connectivity index (χ1v) is 14.9. The molecule has 5 fully saturated rings. The van der Waals surface area contributed by atoms with Gasteiger partial charge in [0.05, 0.1) is 53.8 Å². The van der Waals surface area contributed by atoms with E-state index in [-0.39, 0.29) is 23.6 Å². The van der Waals surface area contributed by atoms with Crippen LogP contribution in [0.15, 0.2) is 18.3 Å². The molecule has 224 valence electrons. The maximum atomic E-state index is 15.1. The number of alkyl carbamates (subject to hydrolysis) is 1. The van der Waals surface area contributed by atoms with Crippen LogP contribution in [-0.4, -0.2) is 64.0 Å². The van der Waals surface area contributed by atoms with Crippen LogP contribution in [0.1, 0.15) is 85.1 Å². The van der Waals surface area contributed by atoms with Crippen LogP contribution in [0.2, 0.25) is 0 Å². The first-order chi connectivity index (χ1) is 19.3. The lowest BCUT2D eigenvalue weighted by Gasteiger charge is -2.53. The first kappa shape index (κ1) is 28.6. The fraction of sp³-hybridized carbons (Fsp3) is 0.710. The number of halogens is 1. The lowest BCUT2D eigenvalue weighted by molar-refractivity contribution is -0.163. The van der Waals surface area contributed by atoms with Crippen molar-refractivity contribution in [3.8, 4) is 5.88 Å². The van der Waals surface area contributed by atoms with Crippen molar-refractivity contribution in [3.05, 3.63) is 29.7 Å². The fourth-order valence-electron chi connectivity index (χ4n) is 6.92. The number of hydrogen-bond acceptors (Lipinski definition) is 8. The fourth-order valence-corrected chi connectivity index (χ4v) is 6.92. The SMILES string of the molecule is CC(C)(C)OC(=O)NC12CCC(CCc3c(F)cnc4ccc(OCC5C[C@@H]6OC(C)(C)O[C@@H]6C5)nc34)(CC1)OC2. The minimum atomic E-state index is -0.554. The van der Waals surface area contributed by atoms with E-state index in [2.05, 4.69) is 10.3 Å². The molecular weight excluding hydrogens is 529 g/mol. The van der Waals surface area contributed by atoms with Gasteiger partial charge in [-0.25, -0.2) is 14.2 Å². The molecule has 41 heavy (non-hydrogen) atoms. The van der Waals surface area contributed by atoms with Gasteiger partial charge in [0.2, 0.25) is 5.88 Å². The Morgan fingerprint density at radius 1 is 1.12 bits per heavy atom. The Kier molecular flexibility index (Phi) is 7.18. The van der Waals surface area contributed by atoms with Crippen LogP contribution in [0.3, 0.4) is 0 Å². The zero-order valence-electron chi connectivity index (χ0n) is 24.8. The number of pyridine rings is 2. The number of carbonyl (C=O) groups excluding carboxylic acids is 1. The summed E-state index contributed by atoms with van der Waals surface area (Å²) in [5, 5.41) is 3.06. The van der Waals surface area contributed by atoms with Crippen molar-refractivity contribution in [2.75, 3.05) is 13.2 Å². The van der Waals surface area contributed by atoms with Gasteiger partial charge in [-0.05, 0) is 98.0 Å². The molecule has 2 aromatic rings. The van der Waals surface area contributed by atoms with Gasteiger partial charge < -0.3 is 29.0 Å². The highest BCUT2D eigenvalue weighted by Gasteiger charge is 2.51. The number of rotatable bonds is 7. The molecule has 0 spiro atoms. The van der Waals surface area contributed by atoms with Crippen molar-refractivity contribution in [3.63, 3.8) is 0 Å². The lowest BCUT2D eigenvalue weighted by Crippen LogP contribution is -2.63. The normalized spacial score (nSPS) is 32.2. The van der Waals surface area contributed by atoms with Crippen molar-refractivity contribution < 1.29 is 32.9 Å². The second-order valence-electron chi connectivity index (χ2n) is 13.8. The van der Waals surface area contributed by atoms with Crippen molar-refractivity contribution >= 4 is 17.1 Å². The average molecular weight is 572 g/mol. The number of aryl methyl sites for hydroxylation is 1. The Labute approximate surface area is 240 Å². The van der Waals surface area contributed by atoms with E-state index in [1.165, 1.54) is 6.20 Å². The molecule has 2 aromatic heterocycles. The van der Waals surface area contributed by atoms with E-state index >= 15 is 4.39 Å². The molecule has 7 rings (SSSR count). The number of amides is 1. The molecule has 1 N–H and O–H groups in total. The molecule has 9 nitrogen and oxygen atoms in total. The van der Waals surface area contributed by atoms with Gasteiger partial charge in [0, 0.05) is 11.6 Å². The summed E-state index contributed by atoms with van der Waals surface area (Å²) >= 11 is 0. The van der Waals surface area contributed by atoms with E-state index in [0.29, 0.717) is 54.5 Å².